The zero-order valence-corrected chi connectivity index (χ0v) is 31.2. The molecule has 49 heavy (non-hydrogen) atoms. The molecule has 1 fully saturated rings. The van der Waals surface area contributed by atoms with Crippen molar-refractivity contribution in [3.05, 3.63) is 74.7 Å². The number of amides is 1. The summed E-state index contributed by atoms with van der Waals surface area (Å²) < 4.78 is 34.2. The number of sulfonamides is 1. The van der Waals surface area contributed by atoms with Crippen molar-refractivity contribution in [3.63, 3.8) is 0 Å². The van der Waals surface area contributed by atoms with E-state index in [1.807, 2.05) is 0 Å². The number of unbranched alkanes of at least 4 members (excludes halogenated alkanes) is 9. The van der Waals surface area contributed by atoms with Gasteiger partial charge in [0.1, 0.15) is 11.4 Å². The Morgan fingerprint density at radius 2 is 1.45 bits per heavy atom. The molecular weight excluding hydrogens is 730 g/mol. The number of aliphatic imine (C=N–C) groups is 1. The van der Waals surface area contributed by atoms with Crippen LogP contribution in [0.4, 0.5) is 17.1 Å². The van der Waals surface area contributed by atoms with Crippen LogP contribution in [0.5, 0.6) is 5.75 Å². The van der Waals surface area contributed by atoms with E-state index >= 15 is 0 Å². The third-order valence-electron chi connectivity index (χ3n) is 7.80. The average molecular weight is 771 g/mol. The molecule has 2 N–H and O–H groups in total. The van der Waals surface area contributed by atoms with Gasteiger partial charge in [0.2, 0.25) is 16.1 Å². The van der Waals surface area contributed by atoms with Crippen LogP contribution in [-0.4, -0.2) is 39.9 Å². The largest absolute Gasteiger partial charge is 0.497 e. The number of benzene rings is 3. The molecule has 0 saturated carbocycles. The normalized spacial score (nSPS) is 15.8. The topological polar surface area (TPSA) is 125 Å². The smallest absolute Gasteiger partial charge is 0.280 e. The highest BCUT2D eigenvalue weighted by Crippen LogP contribution is 2.38. The molecule has 4 rings (SSSR count). The van der Waals surface area contributed by atoms with Crippen molar-refractivity contribution in [2.45, 2.75) is 82.1 Å². The molecule has 15 heteroatoms. The summed E-state index contributed by atoms with van der Waals surface area (Å²) >= 11 is 25.4. The highest BCUT2D eigenvalue weighted by Gasteiger charge is 2.41. The van der Waals surface area contributed by atoms with Gasteiger partial charge >= 0.3 is 0 Å². The number of amidine groups is 1. The van der Waals surface area contributed by atoms with E-state index in [0.717, 1.165) is 30.7 Å². The molecular formula is C34H40Cl4N6O4S. The zero-order chi connectivity index (χ0) is 35.4. The lowest BCUT2D eigenvalue weighted by Gasteiger charge is -2.19. The van der Waals surface area contributed by atoms with E-state index in [2.05, 4.69) is 32.3 Å². The first-order chi connectivity index (χ1) is 23.5. The second kappa shape index (κ2) is 18.9. The summed E-state index contributed by atoms with van der Waals surface area (Å²) in [4.78, 5) is 18.3. The van der Waals surface area contributed by atoms with Crippen LogP contribution < -0.4 is 19.9 Å². The minimum atomic E-state index is -3.86. The van der Waals surface area contributed by atoms with Crippen molar-refractivity contribution in [1.29, 1.82) is 0 Å². The number of nitrogens with zero attached hydrogens (tertiary/aromatic N) is 4. The fraction of sp³-hybridized carbons (Fsp3) is 0.412. The second-order valence-electron chi connectivity index (χ2n) is 11.5. The molecule has 3 aromatic rings. The maximum atomic E-state index is 13.7. The van der Waals surface area contributed by atoms with Gasteiger partial charge in [-0.25, -0.2) is 23.1 Å². The SMILES string of the molecule is CCCCCCCCCCCCNS(=O)(=O)c1ccc(Cl)c(N=C2NN(c3c(Cl)cc(Cl)cc3Cl)C(=O)C2N=Nc2ccc(OC)cc2)c1. The fourth-order valence-electron chi connectivity index (χ4n) is 5.13. The van der Waals surface area contributed by atoms with E-state index in [1.54, 1.807) is 31.4 Å². The number of nitrogens with one attached hydrogen (secondary N) is 2. The Morgan fingerprint density at radius 3 is 2.06 bits per heavy atom. The van der Waals surface area contributed by atoms with Crippen LogP contribution in [0.25, 0.3) is 0 Å². The minimum Gasteiger partial charge on any atom is -0.497 e. The van der Waals surface area contributed by atoms with Crippen molar-refractivity contribution < 1.29 is 17.9 Å². The van der Waals surface area contributed by atoms with Gasteiger partial charge in [0.25, 0.3) is 5.91 Å². The molecule has 1 unspecified atom stereocenters. The van der Waals surface area contributed by atoms with Crippen LogP contribution in [0, 0.1) is 0 Å². The molecule has 0 aliphatic carbocycles. The zero-order valence-electron chi connectivity index (χ0n) is 27.4. The number of hydrogen-bond donors (Lipinski definition) is 2. The number of methoxy groups -OCH3 is 1. The molecule has 1 amide bonds. The summed E-state index contributed by atoms with van der Waals surface area (Å²) in [6.45, 7) is 2.53. The fourth-order valence-corrected chi connectivity index (χ4v) is 7.36. The first kappa shape index (κ1) is 38.9. The van der Waals surface area contributed by atoms with Gasteiger partial charge in [0.15, 0.2) is 5.84 Å². The molecule has 0 bridgehead atoms. The van der Waals surface area contributed by atoms with Crippen molar-refractivity contribution in [2.75, 3.05) is 18.7 Å². The van der Waals surface area contributed by atoms with Crippen molar-refractivity contribution in [3.8, 4) is 5.75 Å². The molecule has 3 aromatic carbocycles. The van der Waals surface area contributed by atoms with Gasteiger partial charge in [-0.15, -0.1) is 0 Å². The molecule has 1 atom stereocenters. The highest BCUT2D eigenvalue weighted by molar-refractivity contribution is 7.89. The number of hydrazine groups is 1. The predicted molar refractivity (Wildman–Crippen MR) is 199 cm³/mol. The Hall–Kier alpha value is -2.93. The number of halogens is 4. The van der Waals surface area contributed by atoms with Gasteiger partial charge in [-0.2, -0.15) is 10.2 Å². The maximum absolute atomic E-state index is 13.7. The maximum Gasteiger partial charge on any atom is 0.280 e. The van der Waals surface area contributed by atoms with Crippen LogP contribution in [0.15, 0.2) is 74.7 Å². The number of azo groups is 1. The Labute approximate surface area is 308 Å². The van der Waals surface area contributed by atoms with Crippen LogP contribution >= 0.6 is 46.4 Å². The van der Waals surface area contributed by atoms with Crippen LogP contribution in [0.2, 0.25) is 20.1 Å². The number of carbonyl (C=O) groups is 1. The summed E-state index contributed by atoms with van der Waals surface area (Å²) in [5.41, 5.74) is 3.58. The first-order valence-corrected chi connectivity index (χ1v) is 19.2. The summed E-state index contributed by atoms with van der Waals surface area (Å²) in [5.74, 6) is 0.0415. The quantitative estimate of drug-likeness (QED) is 0.0984. The number of ether oxygens (including phenoxy) is 1. The predicted octanol–water partition coefficient (Wildman–Crippen LogP) is 10.2. The van der Waals surface area contributed by atoms with E-state index in [0.29, 0.717) is 18.0 Å². The summed E-state index contributed by atoms with van der Waals surface area (Å²) in [7, 11) is -2.32. The number of anilines is 1. The molecule has 1 heterocycles. The first-order valence-electron chi connectivity index (χ1n) is 16.2. The molecule has 10 nitrogen and oxygen atoms in total. The summed E-state index contributed by atoms with van der Waals surface area (Å²) in [5, 5.41) is 10.2. The van der Waals surface area contributed by atoms with Crippen molar-refractivity contribution in [1.82, 2.24) is 10.1 Å². The van der Waals surface area contributed by atoms with E-state index in [1.165, 1.54) is 68.9 Å². The Balaban J connectivity index is 1.51. The lowest BCUT2D eigenvalue weighted by Crippen LogP contribution is -2.36. The molecule has 1 aliphatic heterocycles. The van der Waals surface area contributed by atoms with E-state index in [-0.39, 0.29) is 42.2 Å². The second-order valence-corrected chi connectivity index (χ2v) is 14.9. The monoisotopic (exact) mass is 768 g/mol. The highest BCUT2D eigenvalue weighted by atomic mass is 35.5. The number of carbonyl (C=O) groups excluding carboxylic acids is 1. The van der Waals surface area contributed by atoms with Crippen LogP contribution in [0.3, 0.4) is 0 Å². The van der Waals surface area contributed by atoms with Crippen LogP contribution in [0.1, 0.15) is 71.1 Å². The molecule has 1 saturated heterocycles. The molecule has 0 radical (unpaired) electrons. The summed E-state index contributed by atoms with van der Waals surface area (Å²) in [6, 6.07) is 12.5. The Bertz CT molecular complexity index is 1730. The molecule has 0 spiro atoms. The average Bonchev–Trinajstić information content (AvgIpc) is 3.36. The lowest BCUT2D eigenvalue weighted by atomic mass is 10.1. The van der Waals surface area contributed by atoms with Gasteiger partial charge in [0.05, 0.1) is 38.4 Å². The minimum absolute atomic E-state index is 0.0131. The van der Waals surface area contributed by atoms with Crippen LogP contribution in [-0.2, 0) is 14.8 Å². The van der Waals surface area contributed by atoms with Gasteiger partial charge in [-0.1, -0.05) is 111 Å². The van der Waals surface area contributed by atoms with E-state index in [4.69, 9.17) is 51.1 Å². The standard InChI is InChI=1S/C34H40Cl4N6O4S/c1-3-4-5-6-7-8-9-10-11-12-19-39-49(46,47)26-17-18-27(36)30(22-26)40-33-31(42-41-24-13-15-25(48-2)16-14-24)34(45)44(43-33)32-28(37)20-23(35)21-29(32)38/h13-18,20-22,31,39H,3-12,19H2,1-2H3,(H,40,43). The van der Waals surface area contributed by atoms with Gasteiger partial charge in [-0.05, 0) is 61.0 Å². The van der Waals surface area contributed by atoms with E-state index < -0.39 is 22.0 Å². The third-order valence-corrected chi connectivity index (χ3v) is 10.4. The van der Waals surface area contributed by atoms with Gasteiger partial charge in [0, 0.05) is 11.6 Å². The van der Waals surface area contributed by atoms with Crippen molar-refractivity contribution in [2.24, 2.45) is 15.2 Å². The summed E-state index contributed by atoms with van der Waals surface area (Å²) in [6.07, 6.45) is 11.5. The van der Waals surface area contributed by atoms with Gasteiger partial charge < -0.3 is 4.74 Å². The van der Waals surface area contributed by atoms with E-state index in [9.17, 15) is 13.2 Å². The van der Waals surface area contributed by atoms with Gasteiger partial charge in [-0.3, -0.25) is 10.2 Å². The molecule has 1 aliphatic rings. The number of hydrogen-bond acceptors (Lipinski definition) is 7. The Morgan fingerprint density at radius 1 is 0.837 bits per heavy atom. The lowest BCUT2D eigenvalue weighted by molar-refractivity contribution is -0.117. The molecule has 264 valence electrons. The number of rotatable bonds is 18. The van der Waals surface area contributed by atoms with Crippen molar-refractivity contribution >= 4 is 85.2 Å². The third kappa shape index (κ3) is 11.0. The molecule has 0 aromatic heterocycles. The Kier molecular flexibility index (Phi) is 15.0.